The number of nitrogens with two attached hydrogens (primary N) is 1. The van der Waals surface area contributed by atoms with Gasteiger partial charge in [-0.05, 0) is 66.6 Å². The van der Waals surface area contributed by atoms with Gasteiger partial charge >= 0.3 is 0 Å². The summed E-state index contributed by atoms with van der Waals surface area (Å²) in [4.78, 5) is 52.8. The minimum absolute atomic E-state index is 0.0264. The van der Waals surface area contributed by atoms with Crippen LogP contribution in [0.25, 0.3) is 10.8 Å². The van der Waals surface area contributed by atoms with Gasteiger partial charge in [-0.2, -0.15) is 0 Å². The van der Waals surface area contributed by atoms with E-state index in [2.05, 4.69) is 5.32 Å². The number of methoxy groups -OCH3 is 1. The second-order valence-corrected chi connectivity index (χ2v) is 10.0. The fraction of sp³-hybridized carbons (Fsp3) is 0.241. The number of aliphatic hydroxyl groups excluding tert-OH is 1. The normalized spacial score (nSPS) is 22.1. The molecule has 2 amide bonds. The molecule has 0 aromatic heterocycles. The number of rotatable bonds is 4. The first kappa shape index (κ1) is 26.7. The summed E-state index contributed by atoms with van der Waals surface area (Å²) >= 11 is 0. The molecule has 0 fully saturated rings. The maximum Gasteiger partial charge on any atom is 0.255 e. The number of aromatic hydroxyl groups is 2. The molecule has 5 rings (SSSR count). The first-order valence-electron chi connectivity index (χ1n) is 12.3. The molecule has 3 atom stereocenters. The Labute approximate surface area is 227 Å². The van der Waals surface area contributed by atoms with Gasteiger partial charge in [0, 0.05) is 11.5 Å². The lowest BCUT2D eigenvalue weighted by Gasteiger charge is -2.46. The van der Waals surface area contributed by atoms with Crippen LogP contribution in [-0.2, 0) is 16.0 Å². The van der Waals surface area contributed by atoms with Crippen LogP contribution in [0, 0.1) is 19.8 Å². The highest BCUT2D eigenvalue weighted by Crippen LogP contribution is 2.50. The summed E-state index contributed by atoms with van der Waals surface area (Å²) in [5.74, 6) is -7.62. The number of hydrogen-bond donors (Lipinski definition) is 6. The number of amides is 2. The standard InChI is InChI=1S/C29H26N2O9/c1-11-4-9-15-12(2)16-10-17-21(31-28(38)13-5-7-14(40-3)8-6-13)24(34)20(27(30)37)26(36)29(17,39)25(35)19(16)23(33)18(15)22(11)32/h4-9,17,21,32-33,36,39H,10H2,1-3H3,(H2,30,37)(H,31,38)/t17-,21+,29-/m0/s1. The maximum absolute atomic E-state index is 14.0. The van der Waals surface area contributed by atoms with E-state index in [1.165, 1.54) is 31.4 Å². The lowest BCUT2D eigenvalue weighted by molar-refractivity contribution is -0.128. The maximum atomic E-state index is 14.0. The van der Waals surface area contributed by atoms with E-state index in [0.29, 0.717) is 22.3 Å². The Bertz CT molecular complexity index is 1690. The number of aliphatic hydroxyl groups is 2. The van der Waals surface area contributed by atoms with Crippen LogP contribution in [0.4, 0.5) is 0 Å². The molecular formula is C29H26N2O9. The van der Waals surface area contributed by atoms with Crippen LogP contribution in [0.5, 0.6) is 17.2 Å². The molecule has 0 spiro atoms. The molecule has 3 aromatic rings. The van der Waals surface area contributed by atoms with Gasteiger partial charge < -0.3 is 36.2 Å². The van der Waals surface area contributed by atoms with Gasteiger partial charge in [0.2, 0.25) is 5.78 Å². The molecule has 3 aromatic carbocycles. The number of hydrogen-bond acceptors (Lipinski definition) is 9. The van der Waals surface area contributed by atoms with Crippen molar-refractivity contribution in [3.63, 3.8) is 0 Å². The van der Waals surface area contributed by atoms with E-state index in [4.69, 9.17) is 10.5 Å². The van der Waals surface area contributed by atoms with Gasteiger partial charge in [-0.3, -0.25) is 19.2 Å². The monoisotopic (exact) mass is 546 g/mol. The third-order valence-electron chi connectivity index (χ3n) is 7.96. The summed E-state index contributed by atoms with van der Waals surface area (Å²) in [6.45, 7) is 3.25. The number of ketones is 2. The second-order valence-electron chi connectivity index (χ2n) is 10.0. The average molecular weight is 547 g/mol. The fourth-order valence-corrected chi connectivity index (χ4v) is 5.75. The zero-order chi connectivity index (χ0) is 29.3. The van der Waals surface area contributed by atoms with Crippen LogP contribution in [0.2, 0.25) is 0 Å². The molecule has 0 heterocycles. The van der Waals surface area contributed by atoms with E-state index < -0.39 is 58.0 Å². The van der Waals surface area contributed by atoms with Crippen LogP contribution < -0.4 is 15.8 Å². The highest BCUT2D eigenvalue weighted by atomic mass is 16.5. The Balaban J connectivity index is 1.71. The number of benzene rings is 3. The lowest BCUT2D eigenvalue weighted by atomic mass is 9.61. The molecule has 2 aliphatic rings. The molecule has 0 saturated heterocycles. The first-order valence-corrected chi connectivity index (χ1v) is 12.3. The number of aryl methyl sites for hydroxylation is 2. The van der Waals surface area contributed by atoms with Gasteiger partial charge in [0.05, 0.1) is 24.1 Å². The molecule has 0 saturated carbocycles. The van der Waals surface area contributed by atoms with E-state index in [-0.39, 0.29) is 34.2 Å². The SMILES string of the molecule is COc1ccc(C(=O)N[C@H]2C(=O)C(C(N)=O)=C(O)[C@@]3(O)C(=O)c4c(c(C)c5ccc(C)c(O)c5c4O)C[C@@H]23)cc1. The Morgan fingerprint density at radius 1 is 1.02 bits per heavy atom. The largest absolute Gasteiger partial charge is 0.508 e. The Hall–Kier alpha value is -4.90. The van der Waals surface area contributed by atoms with E-state index in [1.807, 2.05) is 0 Å². The topological polar surface area (TPSA) is 196 Å². The van der Waals surface area contributed by atoms with Crippen molar-refractivity contribution in [2.75, 3.05) is 7.11 Å². The first-order chi connectivity index (χ1) is 18.8. The molecule has 0 unspecified atom stereocenters. The molecule has 7 N–H and O–H groups in total. The number of phenols is 2. The van der Waals surface area contributed by atoms with Crippen molar-refractivity contribution in [2.24, 2.45) is 11.7 Å². The Morgan fingerprint density at radius 2 is 1.68 bits per heavy atom. The highest BCUT2D eigenvalue weighted by Gasteiger charge is 2.62. The predicted octanol–water partition coefficient (Wildman–Crippen LogP) is 1.64. The van der Waals surface area contributed by atoms with E-state index in [1.54, 1.807) is 26.0 Å². The highest BCUT2D eigenvalue weighted by molar-refractivity contribution is 6.25. The summed E-state index contributed by atoms with van der Waals surface area (Å²) < 4.78 is 5.08. The van der Waals surface area contributed by atoms with Crippen LogP contribution in [0.15, 0.2) is 47.7 Å². The molecular weight excluding hydrogens is 520 g/mol. The number of phenolic OH excluding ortho intramolecular Hbond substituents is 2. The molecule has 2 aliphatic carbocycles. The quantitative estimate of drug-likeness (QED) is 0.264. The number of carbonyl (C=O) groups is 4. The van der Waals surface area contributed by atoms with Crippen LogP contribution in [0.1, 0.15) is 37.4 Å². The van der Waals surface area contributed by atoms with Gasteiger partial charge in [0.15, 0.2) is 11.4 Å². The summed E-state index contributed by atoms with van der Waals surface area (Å²) in [6.07, 6.45) is -0.267. The zero-order valence-corrected chi connectivity index (χ0v) is 21.7. The van der Waals surface area contributed by atoms with Crippen molar-refractivity contribution in [2.45, 2.75) is 31.9 Å². The van der Waals surface area contributed by atoms with Gasteiger partial charge in [0.25, 0.3) is 11.8 Å². The zero-order valence-electron chi connectivity index (χ0n) is 21.7. The molecule has 206 valence electrons. The minimum atomic E-state index is -2.90. The van der Waals surface area contributed by atoms with E-state index >= 15 is 0 Å². The third kappa shape index (κ3) is 3.54. The Kier molecular flexibility index (Phi) is 6.07. The average Bonchev–Trinajstić information content (AvgIpc) is 2.92. The molecule has 0 radical (unpaired) electrons. The predicted molar refractivity (Wildman–Crippen MR) is 141 cm³/mol. The number of nitrogens with one attached hydrogen (secondary N) is 1. The second kappa shape index (κ2) is 9.09. The smallest absolute Gasteiger partial charge is 0.255 e. The fourth-order valence-electron chi connectivity index (χ4n) is 5.75. The summed E-state index contributed by atoms with van der Waals surface area (Å²) in [7, 11) is 1.45. The van der Waals surface area contributed by atoms with Crippen LogP contribution >= 0.6 is 0 Å². The van der Waals surface area contributed by atoms with Gasteiger partial charge in [-0.1, -0.05) is 12.1 Å². The van der Waals surface area contributed by atoms with Crippen molar-refractivity contribution in [1.82, 2.24) is 5.32 Å². The number of carbonyl (C=O) groups excluding carboxylic acids is 4. The molecule has 0 aliphatic heterocycles. The number of ether oxygens (including phenoxy) is 1. The van der Waals surface area contributed by atoms with Gasteiger partial charge in [0.1, 0.15) is 28.6 Å². The van der Waals surface area contributed by atoms with Gasteiger partial charge in [-0.15, -0.1) is 0 Å². The molecule has 40 heavy (non-hydrogen) atoms. The number of Topliss-reactive ketones (excluding diaryl/α,β-unsaturated/α-hetero) is 2. The van der Waals surface area contributed by atoms with Crippen LogP contribution in [0.3, 0.4) is 0 Å². The van der Waals surface area contributed by atoms with Crippen molar-refractivity contribution >= 4 is 34.2 Å². The van der Waals surface area contributed by atoms with Gasteiger partial charge in [-0.25, -0.2) is 0 Å². The van der Waals surface area contributed by atoms with Crippen molar-refractivity contribution < 1.29 is 44.3 Å². The van der Waals surface area contributed by atoms with Crippen molar-refractivity contribution in [3.05, 3.63) is 75.5 Å². The van der Waals surface area contributed by atoms with E-state index in [0.717, 1.165) is 0 Å². The Morgan fingerprint density at radius 3 is 2.27 bits per heavy atom. The lowest BCUT2D eigenvalue weighted by Crippen LogP contribution is -2.65. The van der Waals surface area contributed by atoms with Crippen LogP contribution in [-0.4, -0.2) is 62.6 Å². The van der Waals surface area contributed by atoms with E-state index in [9.17, 15) is 39.6 Å². The summed E-state index contributed by atoms with van der Waals surface area (Å²) in [5, 5.41) is 47.5. The number of primary amides is 1. The molecule has 11 nitrogen and oxygen atoms in total. The molecule has 0 bridgehead atoms. The van der Waals surface area contributed by atoms with Crippen molar-refractivity contribution in [3.8, 4) is 17.2 Å². The van der Waals surface area contributed by atoms with Crippen molar-refractivity contribution in [1.29, 1.82) is 0 Å². The molecule has 11 heteroatoms. The minimum Gasteiger partial charge on any atom is -0.508 e. The summed E-state index contributed by atoms with van der Waals surface area (Å²) in [5.41, 5.74) is 2.31. The number of fused-ring (bicyclic) bond motifs is 3. The third-order valence-corrected chi connectivity index (χ3v) is 7.96. The summed E-state index contributed by atoms with van der Waals surface area (Å²) in [6, 6.07) is 7.53.